The molecule has 0 bridgehead atoms. The van der Waals surface area contributed by atoms with Crippen LogP contribution in [0.15, 0.2) is 54.7 Å². The zero-order chi connectivity index (χ0) is 12.7. The van der Waals surface area contributed by atoms with Crippen LogP contribution in [-0.4, -0.2) is 11.6 Å². The van der Waals surface area contributed by atoms with Crippen LogP contribution in [0.4, 0.5) is 0 Å². The van der Waals surface area contributed by atoms with Gasteiger partial charge in [0, 0.05) is 29.1 Å². The lowest BCUT2D eigenvalue weighted by atomic mass is 9.96. The lowest BCUT2D eigenvalue weighted by Crippen LogP contribution is -1.89. The maximum atomic E-state index is 5.65. The normalized spacial score (nSPS) is 13.3. The van der Waals surface area contributed by atoms with E-state index in [2.05, 4.69) is 41.4 Å². The highest BCUT2D eigenvalue weighted by Crippen LogP contribution is 2.36. The molecule has 1 aliphatic rings. The van der Waals surface area contributed by atoms with Crippen LogP contribution in [0.3, 0.4) is 0 Å². The number of aromatic nitrogens is 1. The van der Waals surface area contributed by atoms with Crippen molar-refractivity contribution in [2.45, 2.75) is 6.42 Å². The molecule has 2 nitrogen and oxygen atoms in total. The summed E-state index contributed by atoms with van der Waals surface area (Å²) in [5, 5.41) is 1.18. The largest absolute Gasteiger partial charge is 0.493 e. The third-order valence-corrected chi connectivity index (χ3v) is 3.67. The Hall–Kier alpha value is -2.35. The van der Waals surface area contributed by atoms with Gasteiger partial charge >= 0.3 is 0 Å². The Balaban J connectivity index is 2.04. The Morgan fingerprint density at radius 2 is 1.74 bits per heavy atom. The molecule has 2 heterocycles. The van der Waals surface area contributed by atoms with Crippen molar-refractivity contribution in [3.05, 3.63) is 60.3 Å². The molecule has 1 aliphatic heterocycles. The van der Waals surface area contributed by atoms with Gasteiger partial charge in [-0.25, -0.2) is 0 Å². The fourth-order valence-electron chi connectivity index (χ4n) is 2.80. The van der Waals surface area contributed by atoms with E-state index in [0.717, 1.165) is 24.3 Å². The van der Waals surface area contributed by atoms with E-state index in [1.165, 1.54) is 22.1 Å². The van der Waals surface area contributed by atoms with Crippen molar-refractivity contribution in [3.8, 4) is 16.9 Å². The third kappa shape index (κ3) is 1.60. The lowest BCUT2D eigenvalue weighted by Gasteiger charge is -2.09. The maximum Gasteiger partial charge on any atom is 0.123 e. The molecule has 1 aromatic heterocycles. The van der Waals surface area contributed by atoms with Crippen molar-refractivity contribution in [2.75, 3.05) is 6.61 Å². The van der Waals surface area contributed by atoms with Gasteiger partial charge in [-0.1, -0.05) is 36.4 Å². The first-order valence-corrected chi connectivity index (χ1v) is 6.52. The number of hydrogen-bond donors (Lipinski definition) is 0. The molecule has 0 aliphatic carbocycles. The minimum absolute atomic E-state index is 0.782. The second kappa shape index (κ2) is 4.09. The summed E-state index contributed by atoms with van der Waals surface area (Å²) in [7, 11) is 0. The number of hydrogen-bond acceptors (Lipinski definition) is 2. The minimum Gasteiger partial charge on any atom is -0.493 e. The van der Waals surface area contributed by atoms with E-state index in [0.29, 0.717) is 0 Å². The van der Waals surface area contributed by atoms with Gasteiger partial charge in [-0.15, -0.1) is 0 Å². The summed E-state index contributed by atoms with van der Waals surface area (Å²) >= 11 is 0. The molecule has 0 saturated carbocycles. The monoisotopic (exact) mass is 247 g/mol. The molecule has 92 valence electrons. The van der Waals surface area contributed by atoms with Gasteiger partial charge in [0.2, 0.25) is 0 Å². The molecule has 0 N–H and O–H groups in total. The highest BCUT2D eigenvalue weighted by Gasteiger charge is 2.17. The first-order valence-electron chi connectivity index (χ1n) is 6.52. The molecule has 2 aromatic carbocycles. The highest BCUT2D eigenvalue weighted by atomic mass is 16.5. The molecule has 0 amide bonds. The first kappa shape index (κ1) is 10.6. The van der Waals surface area contributed by atoms with E-state index in [9.17, 15) is 0 Å². The van der Waals surface area contributed by atoms with E-state index in [-0.39, 0.29) is 0 Å². The molecule has 3 aromatic rings. The van der Waals surface area contributed by atoms with Crippen molar-refractivity contribution in [3.63, 3.8) is 0 Å². The van der Waals surface area contributed by atoms with Crippen LogP contribution in [0.25, 0.3) is 22.0 Å². The van der Waals surface area contributed by atoms with Crippen molar-refractivity contribution < 1.29 is 4.74 Å². The van der Waals surface area contributed by atoms with Gasteiger partial charge in [-0.3, -0.25) is 4.98 Å². The van der Waals surface area contributed by atoms with Crippen LogP contribution in [-0.2, 0) is 6.42 Å². The number of rotatable bonds is 1. The molecule has 19 heavy (non-hydrogen) atoms. The van der Waals surface area contributed by atoms with Crippen molar-refractivity contribution in [2.24, 2.45) is 0 Å². The number of ether oxygens (including phenoxy) is 1. The average Bonchev–Trinajstić information content (AvgIpc) is 2.95. The van der Waals surface area contributed by atoms with Crippen LogP contribution < -0.4 is 4.74 Å². The van der Waals surface area contributed by atoms with Crippen LogP contribution in [0.2, 0.25) is 0 Å². The Labute approximate surface area is 111 Å². The average molecular weight is 247 g/mol. The highest BCUT2D eigenvalue weighted by molar-refractivity contribution is 5.94. The van der Waals surface area contributed by atoms with E-state index < -0.39 is 0 Å². The zero-order valence-electron chi connectivity index (χ0n) is 10.5. The molecular formula is C17H13NO. The topological polar surface area (TPSA) is 22.1 Å². The Kier molecular flexibility index (Phi) is 2.27. The second-order valence-electron chi connectivity index (χ2n) is 4.76. The second-order valence-corrected chi connectivity index (χ2v) is 4.76. The van der Waals surface area contributed by atoms with Gasteiger partial charge in [-0.05, 0) is 17.7 Å². The lowest BCUT2D eigenvalue weighted by molar-refractivity contribution is 0.357. The van der Waals surface area contributed by atoms with Gasteiger partial charge in [0.15, 0.2) is 0 Å². The zero-order valence-corrected chi connectivity index (χ0v) is 10.5. The van der Waals surface area contributed by atoms with Crippen LogP contribution in [0.5, 0.6) is 5.75 Å². The SMILES string of the molecule is c1cc2c(c(-c3cccc4cccnc34)c1)CCO2. The van der Waals surface area contributed by atoms with Crippen LogP contribution in [0.1, 0.15) is 5.56 Å². The summed E-state index contributed by atoms with van der Waals surface area (Å²) in [6.07, 6.45) is 2.83. The number of benzene rings is 2. The number of nitrogens with zero attached hydrogens (tertiary/aromatic N) is 1. The smallest absolute Gasteiger partial charge is 0.123 e. The predicted molar refractivity (Wildman–Crippen MR) is 76.4 cm³/mol. The third-order valence-electron chi connectivity index (χ3n) is 3.67. The number of fused-ring (bicyclic) bond motifs is 2. The standard InChI is InChI=1S/C17H13NO/c1-4-12-5-3-10-18-17(12)15(7-1)13-6-2-8-16-14(13)9-11-19-16/h1-8,10H,9,11H2. The Bertz CT molecular complexity index is 759. The summed E-state index contributed by atoms with van der Waals surface area (Å²) in [5.41, 5.74) is 4.81. The van der Waals surface area contributed by atoms with Crippen molar-refractivity contribution >= 4 is 10.9 Å². The van der Waals surface area contributed by atoms with Gasteiger partial charge < -0.3 is 4.74 Å². The summed E-state index contributed by atoms with van der Waals surface area (Å²) in [4.78, 5) is 4.54. The summed E-state index contributed by atoms with van der Waals surface area (Å²) < 4.78 is 5.65. The van der Waals surface area contributed by atoms with E-state index >= 15 is 0 Å². The quantitative estimate of drug-likeness (QED) is 0.652. The summed E-state index contributed by atoms with van der Waals surface area (Å²) in [6, 6.07) is 16.7. The molecule has 0 unspecified atom stereocenters. The van der Waals surface area contributed by atoms with E-state index in [1.807, 2.05) is 18.3 Å². The molecule has 0 fully saturated rings. The maximum absolute atomic E-state index is 5.65. The van der Waals surface area contributed by atoms with Gasteiger partial charge in [0.05, 0.1) is 12.1 Å². The summed E-state index contributed by atoms with van der Waals surface area (Å²) in [6.45, 7) is 0.782. The first-order chi connectivity index (χ1) is 9.43. The summed E-state index contributed by atoms with van der Waals surface area (Å²) in [5.74, 6) is 1.02. The van der Waals surface area contributed by atoms with Gasteiger partial charge in [0.1, 0.15) is 5.75 Å². The van der Waals surface area contributed by atoms with E-state index in [1.54, 1.807) is 0 Å². The fourth-order valence-corrected chi connectivity index (χ4v) is 2.80. The van der Waals surface area contributed by atoms with Gasteiger partial charge in [-0.2, -0.15) is 0 Å². The molecular weight excluding hydrogens is 234 g/mol. The molecule has 0 radical (unpaired) electrons. The molecule has 0 atom stereocenters. The fraction of sp³-hybridized carbons (Fsp3) is 0.118. The number of pyridine rings is 1. The van der Waals surface area contributed by atoms with Crippen molar-refractivity contribution in [1.82, 2.24) is 4.98 Å². The Morgan fingerprint density at radius 1 is 0.895 bits per heavy atom. The number of para-hydroxylation sites is 1. The molecule has 2 heteroatoms. The minimum atomic E-state index is 0.782. The van der Waals surface area contributed by atoms with E-state index in [4.69, 9.17) is 4.74 Å². The van der Waals surface area contributed by atoms with Crippen molar-refractivity contribution in [1.29, 1.82) is 0 Å². The van der Waals surface area contributed by atoms with Crippen LogP contribution >= 0.6 is 0 Å². The molecule has 0 spiro atoms. The molecule has 0 saturated heterocycles. The molecule has 4 rings (SSSR count). The Morgan fingerprint density at radius 3 is 2.74 bits per heavy atom. The van der Waals surface area contributed by atoms with Gasteiger partial charge in [0.25, 0.3) is 0 Å². The predicted octanol–water partition coefficient (Wildman–Crippen LogP) is 3.84. The van der Waals surface area contributed by atoms with Crippen LogP contribution in [0, 0.1) is 0 Å².